The highest BCUT2D eigenvalue weighted by molar-refractivity contribution is 6.30. The van der Waals surface area contributed by atoms with E-state index < -0.39 is 0 Å². The number of hydrogen-bond acceptors (Lipinski definition) is 3. The normalized spacial score (nSPS) is 10.3. The Kier molecular flexibility index (Phi) is 6.83. The van der Waals surface area contributed by atoms with Crippen molar-refractivity contribution in [3.05, 3.63) is 101 Å². The number of nitrogen functional groups attached to an aromatic ring is 1. The van der Waals surface area contributed by atoms with Crippen LogP contribution in [-0.4, -0.2) is 24.2 Å². The Balaban J connectivity index is 1.79. The van der Waals surface area contributed by atoms with Gasteiger partial charge in [0, 0.05) is 28.4 Å². The maximum atomic E-state index is 13.2. The molecule has 0 saturated heterocycles. The molecular weight excluding hydrogens is 400 g/mol. The van der Waals surface area contributed by atoms with Gasteiger partial charge in [-0.3, -0.25) is 19.9 Å². The summed E-state index contributed by atoms with van der Waals surface area (Å²) in [6.45, 7) is 0.143. The standard InChI is InChI=1S/C23H21ClN4O2/c24-19-9-4-6-16(12-19)14-27-21(29)15-28(20-10-2-1-3-11-20)23(30)18-8-5-7-17(13-18)22(25)26/h1-13H,14-15H2,(H3,25,26)(H,27,29). The van der Waals surface area contributed by atoms with Crippen LogP contribution in [0.3, 0.4) is 0 Å². The molecule has 0 radical (unpaired) electrons. The predicted octanol–water partition coefficient (Wildman–Crippen LogP) is 3.59. The van der Waals surface area contributed by atoms with Crippen molar-refractivity contribution in [2.75, 3.05) is 11.4 Å². The molecule has 3 rings (SSSR count). The van der Waals surface area contributed by atoms with Crippen LogP contribution in [0.15, 0.2) is 78.9 Å². The number of benzene rings is 3. The second-order valence-corrected chi connectivity index (χ2v) is 7.06. The smallest absolute Gasteiger partial charge is 0.258 e. The quantitative estimate of drug-likeness (QED) is 0.402. The van der Waals surface area contributed by atoms with Gasteiger partial charge >= 0.3 is 0 Å². The lowest BCUT2D eigenvalue weighted by atomic mass is 10.1. The number of amidine groups is 1. The second kappa shape index (κ2) is 9.71. The number of carbonyl (C=O) groups is 2. The van der Waals surface area contributed by atoms with E-state index in [-0.39, 0.29) is 24.2 Å². The van der Waals surface area contributed by atoms with Crippen LogP contribution in [0, 0.1) is 5.41 Å². The Labute approximate surface area is 179 Å². The van der Waals surface area contributed by atoms with Gasteiger partial charge in [0.15, 0.2) is 0 Å². The lowest BCUT2D eigenvalue weighted by molar-refractivity contribution is -0.119. The van der Waals surface area contributed by atoms with Crippen LogP contribution >= 0.6 is 11.6 Å². The highest BCUT2D eigenvalue weighted by atomic mass is 35.5. The van der Waals surface area contributed by atoms with Crippen LogP contribution in [0.1, 0.15) is 21.5 Å². The van der Waals surface area contributed by atoms with Gasteiger partial charge in [0.25, 0.3) is 5.91 Å². The molecule has 4 N–H and O–H groups in total. The number of nitrogens with two attached hydrogens (primary N) is 1. The summed E-state index contributed by atoms with van der Waals surface area (Å²) in [4.78, 5) is 27.2. The monoisotopic (exact) mass is 420 g/mol. The third-order valence-electron chi connectivity index (χ3n) is 4.41. The molecule has 0 atom stereocenters. The van der Waals surface area contributed by atoms with Gasteiger partial charge < -0.3 is 11.1 Å². The van der Waals surface area contributed by atoms with E-state index in [0.29, 0.717) is 28.4 Å². The third kappa shape index (κ3) is 5.46. The molecule has 30 heavy (non-hydrogen) atoms. The number of hydrogen-bond donors (Lipinski definition) is 3. The minimum atomic E-state index is -0.359. The molecule has 0 bridgehead atoms. The molecule has 0 unspecified atom stereocenters. The lowest BCUT2D eigenvalue weighted by Crippen LogP contribution is -2.40. The maximum absolute atomic E-state index is 13.2. The molecule has 7 heteroatoms. The number of nitrogens with one attached hydrogen (secondary N) is 2. The fraction of sp³-hybridized carbons (Fsp3) is 0.0870. The molecule has 152 valence electrons. The molecule has 3 aromatic rings. The van der Waals surface area contributed by atoms with Crippen LogP contribution in [-0.2, 0) is 11.3 Å². The van der Waals surface area contributed by atoms with Gasteiger partial charge in [-0.25, -0.2) is 0 Å². The summed E-state index contributed by atoms with van der Waals surface area (Å²) in [6, 6.07) is 22.7. The number of para-hydroxylation sites is 1. The van der Waals surface area contributed by atoms with Gasteiger partial charge in [0.1, 0.15) is 12.4 Å². The average Bonchev–Trinajstić information content (AvgIpc) is 2.76. The maximum Gasteiger partial charge on any atom is 0.258 e. The minimum Gasteiger partial charge on any atom is -0.384 e. The van der Waals surface area contributed by atoms with E-state index in [2.05, 4.69) is 5.32 Å². The van der Waals surface area contributed by atoms with Gasteiger partial charge in [-0.2, -0.15) is 0 Å². The van der Waals surface area contributed by atoms with Gasteiger partial charge in [0.2, 0.25) is 5.91 Å². The number of nitrogens with zero attached hydrogens (tertiary/aromatic N) is 1. The Morgan fingerprint density at radius 3 is 2.33 bits per heavy atom. The number of rotatable bonds is 7. The fourth-order valence-electron chi connectivity index (χ4n) is 2.91. The van der Waals surface area contributed by atoms with E-state index in [1.165, 1.54) is 4.90 Å². The molecule has 0 aliphatic heterocycles. The van der Waals surface area contributed by atoms with E-state index in [1.807, 2.05) is 18.2 Å². The van der Waals surface area contributed by atoms with Gasteiger partial charge in [-0.1, -0.05) is 54.1 Å². The number of carbonyl (C=O) groups excluding carboxylic acids is 2. The summed E-state index contributed by atoms with van der Waals surface area (Å²) in [5.74, 6) is -0.799. The molecule has 0 aliphatic carbocycles. The van der Waals surface area contributed by atoms with E-state index in [4.69, 9.17) is 22.7 Å². The Morgan fingerprint density at radius 1 is 0.933 bits per heavy atom. The Morgan fingerprint density at radius 2 is 1.63 bits per heavy atom. The SMILES string of the molecule is N=C(N)c1cccc(C(=O)N(CC(=O)NCc2cccc(Cl)c2)c2ccccc2)c1. The van der Waals surface area contributed by atoms with Crippen molar-refractivity contribution in [1.29, 1.82) is 5.41 Å². The summed E-state index contributed by atoms with van der Waals surface area (Å²) < 4.78 is 0. The van der Waals surface area contributed by atoms with Crippen LogP contribution in [0.25, 0.3) is 0 Å². The molecule has 0 saturated carbocycles. The van der Waals surface area contributed by atoms with E-state index in [0.717, 1.165) is 5.56 Å². The molecule has 6 nitrogen and oxygen atoms in total. The van der Waals surface area contributed by atoms with Crippen LogP contribution in [0.5, 0.6) is 0 Å². The minimum absolute atomic E-state index is 0.129. The number of halogens is 1. The highest BCUT2D eigenvalue weighted by Gasteiger charge is 2.21. The molecule has 0 aromatic heterocycles. The van der Waals surface area contributed by atoms with Gasteiger partial charge in [0.05, 0.1) is 0 Å². The average molecular weight is 421 g/mol. The zero-order chi connectivity index (χ0) is 21.5. The van der Waals surface area contributed by atoms with Crippen LogP contribution in [0.2, 0.25) is 5.02 Å². The summed E-state index contributed by atoms with van der Waals surface area (Å²) in [5, 5.41) is 11.0. The van der Waals surface area contributed by atoms with E-state index in [1.54, 1.807) is 60.7 Å². The first kappa shape index (κ1) is 21.1. The Hall–Kier alpha value is -3.64. The molecular formula is C23H21ClN4O2. The first-order valence-corrected chi connectivity index (χ1v) is 9.64. The van der Waals surface area contributed by atoms with Gasteiger partial charge in [-0.15, -0.1) is 0 Å². The molecule has 0 spiro atoms. The fourth-order valence-corrected chi connectivity index (χ4v) is 3.12. The zero-order valence-electron chi connectivity index (χ0n) is 16.1. The van der Waals surface area contributed by atoms with Gasteiger partial charge in [-0.05, 0) is 42.0 Å². The Bertz CT molecular complexity index is 1070. The van der Waals surface area contributed by atoms with Crippen molar-refractivity contribution >= 4 is 34.9 Å². The van der Waals surface area contributed by atoms with Crippen molar-refractivity contribution in [1.82, 2.24) is 5.32 Å². The molecule has 2 amide bonds. The zero-order valence-corrected chi connectivity index (χ0v) is 16.9. The van der Waals surface area contributed by atoms with Crippen LogP contribution < -0.4 is 16.0 Å². The van der Waals surface area contributed by atoms with Crippen LogP contribution in [0.4, 0.5) is 5.69 Å². The molecule has 3 aromatic carbocycles. The molecule has 0 aliphatic rings. The van der Waals surface area contributed by atoms with E-state index >= 15 is 0 Å². The van der Waals surface area contributed by atoms with Crippen molar-refractivity contribution < 1.29 is 9.59 Å². The highest BCUT2D eigenvalue weighted by Crippen LogP contribution is 2.18. The summed E-state index contributed by atoms with van der Waals surface area (Å²) in [6.07, 6.45) is 0. The number of anilines is 1. The molecule has 0 heterocycles. The van der Waals surface area contributed by atoms with Crippen molar-refractivity contribution in [2.24, 2.45) is 5.73 Å². The predicted molar refractivity (Wildman–Crippen MR) is 119 cm³/mol. The second-order valence-electron chi connectivity index (χ2n) is 6.63. The topological polar surface area (TPSA) is 99.3 Å². The largest absolute Gasteiger partial charge is 0.384 e. The lowest BCUT2D eigenvalue weighted by Gasteiger charge is -2.23. The first-order chi connectivity index (χ1) is 14.4. The summed E-state index contributed by atoms with van der Waals surface area (Å²) >= 11 is 5.98. The number of amides is 2. The van der Waals surface area contributed by atoms with E-state index in [9.17, 15) is 9.59 Å². The summed E-state index contributed by atoms with van der Waals surface area (Å²) in [5.41, 5.74) is 7.78. The van der Waals surface area contributed by atoms with Crippen molar-refractivity contribution in [3.8, 4) is 0 Å². The third-order valence-corrected chi connectivity index (χ3v) is 4.65. The molecule has 0 fully saturated rings. The van der Waals surface area contributed by atoms with Crippen molar-refractivity contribution in [3.63, 3.8) is 0 Å². The summed E-state index contributed by atoms with van der Waals surface area (Å²) in [7, 11) is 0. The first-order valence-electron chi connectivity index (χ1n) is 9.26. The van der Waals surface area contributed by atoms with Crippen molar-refractivity contribution in [2.45, 2.75) is 6.54 Å².